The van der Waals surface area contributed by atoms with Crippen LogP contribution in [0.4, 0.5) is 0 Å². The van der Waals surface area contributed by atoms with Gasteiger partial charge >= 0.3 is 11.8 Å². The summed E-state index contributed by atoms with van der Waals surface area (Å²) in [6, 6.07) is 0. The van der Waals surface area contributed by atoms with Crippen LogP contribution in [0.5, 0.6) is 11.5 Å². The van der Waals surface area contributed by atoms with Gasteiger partial charge in [-0.3, -0.25) is 24.0 Å². The number of benzene rings is 1. The molecule has 5 aliphatic rings. The normalized spacial score (nSPS) is 34.1. The van der Waals surface area contributed by atoms with Crippen LogP contribution in [-0.4, -0.2) is 113 Å². The highest BCUT2D eigenvalue weighted by Crippen LogP contribution is 2.49. The van der Waals surface area contributed by atoms with E-state index in [0.29, 0.717) is 13.0 Å². The molecule has 1 amide bonds. The number of ketones is 3. The molecule has 0 saturated carbocycles. The van der Waals surface area contributed by atoms with Gasteiger partial charge in [0.25, 0.3) is 11.7 Å². The number of carbonyl (C=O) groups excluding carboxylic acids is 5. The van der Waals surface area contributed by atoms with Gasteiger partial charge in [0, 0.05) is 76.0 Å². The Bertz CT molecular complexity index is 1960. The maximum Gasteiger partial charge on any atom is 0.312 e. The maximum absolute atomic E-state index is 14.8. The van der Waals surface area contributed by atoms with Crippen molar-refractivity contribution in [2.24, 2.45) is 23.7 Å². The number of phenols is 1. The maximum atomic E-state index is 14.8. The Morgan fingerprint density at radius 3 is 2.29 bits per heavy atom. The summed E-state index contributed by atoms with van der Waals surface area (Å²) in [5.74, 6) is -9.17. The number of Topliss-reactive ketones (excluding diaryl/α,β-unsaturated/α-hetero) is 3. The Balaban J connectivity index is 1.67. The number of aliphatic hydroxyl groups is 2. The van der Waals surface area contributed by atoms with Gasteiger partial charge in [0.2, 0.25) is 11.6 Å². The lowest BCUT2D eigenvalue weighted by Crippen LogP contribution is -2.46. The van der Waals surface area contributed by atoms with E-state index in [1.807, 2.05) is 0 Å². The number of fused-ring (bicyclic) bond motifs is 14. The minimum absolute atomic E-state index is 0.00109. The van der Waals surface area contributed by atoms with Crippen molar-refractivity contribution in [3.63, 3.8) is 0 Å². The molecule has 1 fully saturated rings. The number of aliphatic hydroxyl groups excluding tert-OH is 2. The van der Waals surface area contributed by atoms with Gasteiger partial charge in [-0.05, 0) is 32.8 Å². The number of phenolic OH excluding ortho intramolecular Hbond substituents is 1. The number of hydrogen-bond acceptors (Lipinski definition) is 14. The molecule has 10 atom stereocenters. The molecule has 1 unspecified atom stereocenters. The Kier molecular flexibility index (Phi) is 13.4. The first-order valence-corrected chi connectivity index (χ1v) is 19.6. The van der Waals surface area contributed by atoms with Gasteiger partial charge in [0.05, 0.1) is 47.4 Å². The molecule has 58 heavy (non-hydrogen) atoms. The first-order valence-electron chi connectivity index (χ1n) is 19.6. The number of nitrogens with one attached hydrogen (secondary N) is 1. The quantitative estimate of drug-likeness (QED) is 0.310. The molecule has 1 aromatic rings. The molecule has 15 heteroatoms. The second-order valence-corrected chi connectivity index (χ2v) is 16.0. The largest absolute Gasteiger partial charge is 0.507 e. The van der Waals surface area contributed by atoms with Crippen LogP contribution in [0.1, 0.15) is 97.9 Å². The molecule has 316 valence electrons. The zero-order valence-electron chi connectivity index (χ0n) is 34.8. The summed E-state index contributed by atoms with van der Waals surface area (Å²) in [4.78, 5) is 71.2. The van der Waals surface area contributed by atoms with Gasteiger partial charge in [-0.15, -0.1) is 0 Å². The van der Waals surface area contributed by atoms with Crippen LogP contribution in [0.15, 0.2) is 47.5 Å². The van der Waals surface area contributed by atoms with Gasteiger partial charge in [-0.25, -0.2) is 0 Å². The smallest absolute Gasteiger partial charge is 0.312 e. The van der Waals surface area contributed by atoms with Crippen LogP contribution in [0.2, 0.25) is 0 Å². The summed E-state index contributed by atoms with van der Waals surface area (Å²) >= 11 is 0. The fourth-order valence-corrected chi connectivity index (χ4v) is 8.23. The lowest BCUT2D eigenvalue weighted by atomic mass is 9.78. The van der Waals surface area contributed by atoms with E-state index in [-0.39, 0.29) is 52.1 Å². The van der Waals surface area contributed by atoms with E-state index in [0.717, 1.165) is 6.42 Å². The van der Waals surface area contributed by atoms with E-state index in [9.17, 15) is 39.3 Å². The predicted molar refractivity (Wildman–Crippen MR) is 210 cm³/mol. The predicted octanol–water partition coefficient (Wildman–Crippen LogP) is 4.07. The number of ether oxygens (including phenoxy) is 5. The number of amides is 1. The van der Waals surface area contributed by atoms with Crippen LogP contribution in [0.3, 0.4) is 0 Å². The lowest BCUT2D eigenvalue weighted by molar-refractivity contribution is -0.160. The van der Waals surface area contributed by atoms with E-state index in [4.69, 9.17) is 23.7 Å². The Morgan fingerprint density at radius 1 is 0.983 bits per heavy atom. The minimum Gasteiger partial charge on any atom is -0.507 e. The number of aromatic hydroxyl groups is 1. The van der Waals surface area contributed by atoms with Gasteiger partial charge in [-0.1, -0.05) is 45.9 Å². The van der Waals surface area contributed by atoms with Crippen molar-refractivity contribution in [2.75, 3.05) is 27.3 Å². The molecular weight excluding hydrogens is 752 g/mol. The van der Waals surface area contributed by atoms with Crippen molar-refractivity contribution in [3.05, 3.63) is 69.8 Å². The number of allylic oxidation sites excluding steroid dienone is 4. The molecule has 1 saturated heterocycles. The van der Waals surface area contributed by atoms with Crippen molar-refractivity contribution in [2.45, 2.75) is 105 Å². The zero-order valence-corrected chi connectivity index (χ0v) is 34.8. The molecule has 1 aromatic carbocycles. The highest BCUT2D eigenvalue weighted by atomic mass is 16.7. The highest BCUT2D eigenvalue weighted by Gasteiger charge is 2.53. The van der Waals surface area contributed by atoms with Gasteiger partial charge in [0.1, 0.15) is 29.0 Å². The number of carbonyl (C=O) groups is 5. The molecule has 1 aliphatic carbocycles. The molecule has 0 spiro atoms. The number of hydrogen-bond donors (Lipinski definition) is 4. The third-order valence-corrected chi connectivity index (χ3v) is 11.8. The van der Waals surface area contributed by atoms with E-state index >= 15 is 0 Å². The van der Waals surface area contributed by atoms with Crippen LogP contribution in [0, 0.1) is 30.6 Å². The van der Waals surface area contributed by atoms with Crippen molar-refractivity contribution in [1.29, 1.82) is 0 Å². The monoisotopic (exact) mass is 808 g/mol. The second-order valence-electron chi connectivity index (χ2n) is 16.0. The molecule has 4 N–H and O–H groups in total. The number of nitrogens with zero attached hydrogens (tertiary/aromatic N) is 1. The zero-order chi connectivity index (χ0) is 43.0. The molecule has 15 nitrogen and oxygen atoms in total. The van der Waals surface area contributed by atoms with Crippen LogP contribution in [-0.2, 0) is 28.5 Å². The molecule has 6 rings (SSSR count). The Morgan fingerprint density at radius 2 is 1.67 bits per heavy atom. The highest BCUT2D eigenvalue weighted by molar-refractivity contribution is 6.32. The van der Waals surface area contributed by atoms with Crippen molar-refractivity contribution in [3.8, 4) is 11.5 Å². The summed E-state index contributed by atoms with van der Waals surface area (Å²) in [6.45, 7) is 13.1. The summed E-state index contributed by atoms with van der Waals surface area (Å²) in [6.07, 6.45) is 4.67. The average molecular weight is 809 g/mol. The van der Waals surface area contributed by atoms with Crippen molar-refractivity contribution >= 4 is 29.2 Å². The molecular formula is C43H56N2O13. The average Bonchev–Trinajstić information content (AvgIpc) is 3.79. The fraction of sp³-hybridized carbons (Fsp3) is 0.558. The Hall–Kier alpha value is -4.83. The lowest BCUT2D eigenvalue weighted by Gasteiger charge is -2.38. The molecule has 0 radical (unpaired) electrons. The van der Waals surface area contributed by atoms with Gasteiger partial charge in [-0.2, -0.15) is 0 Å². The van der Waals surface area contributed by atoms with Crippen molar-refractivity contribution in [1.82, 2.24) is 10.2 Å². The molecule has 5 bridgehead atoms. The van der Waals surface area contributed by atoms with E-state index in [2.05, 4.69) is 5.32 Å². The Labute approximate surface area is 338 Å². The first kappa shape index (κ1) is 44.3. The van der Waals surface area contributed by atoms with Gasteiger partial charge in [0.15, 0.2) is 0 Å². The van der Waals surface area contributed by atoms with E-state index in [1.165, 1.54) is 58.1 Å². The molecule has 4 heterocycles. The van der Waals surface area contributed by atoms with Gasteiger partial charge < -0.3 is 49.2 Å². The first-order chi connectivity index (χ1) is 27.2. The topological polar surface area (TPSA) is 207 Å². The third kappa shape index (κ3) is 8.35. The minimum atomic E-state index is -2.08. The number of likely N-dealkylation sites (N-methyl/N-ethyl adjacent to an activating group) is 1. The number of methoxy groups -OCH3 is 1. The fourth-order valence-electron chi connectivity index (χ4n) is 8.23. The van der Waals surface area contributed by atoms with Crippen LogP contribution in [0.25, 0.3) is 0 Å². The van der Waals surface area contributed by atoms with Crippen LogP contribution >= 0.6 is 0 Å². The second kappa shape index (κ2) is 17.6. The number of esters is 1. The van der Waals surface area contributed by atoms with Crippen LogP contribution < -0.4 is 10.1 Å². The third-order valence-electron chi connectivity index (χ3n) is 11.8. The molecule has 4 aliphatic heterocycles. The summed E-state index contributed by atoms with van der Waals surface area (Å²) in [7, 11) is 3.01. The standard InChI is InChI=1S/C43H56N2O13/c1-20-13-11-14-21(2)42(53)44-32-33(45(9)19-27-15-12-17-55-27)38(51)29-30(37(32)50)36(49)25(6)40-31(29)41(52)43(8,58-40)56-18-16-28(54-10)22(3)39(57-26(7)46)24(5)35(48)23(4)34(20)47/h11,13-14,16,18,20,22-24,27-28,34-35,39,47-49H,12,15,17,19H2,1-10H3,(H,44,53)/b13-11+,18-16+,21-14-/t20-,22+,23+,24-,27?,28-,34-,35-,39+,43-/m0/s1. The summed E-state index contributed by atoms with van der Waals surface area (Å²) in [5, 5.41) is 37.0. The molecule has 0 aromatic heterocycles. The van der Waals surface area contributed by atoms with Crippen molar-refractivity contribution < 1.29 is 63.0 Å². The number of rotatable bonds is 5. The van der Waals surface area contributed by atoms with E-state index < -0.39 is 94.4 Å². The van der Waals surface area contributed by atoms with E-state index in [1.54, 1.807) is 46.9 Å². The summed E-state index contributed by atoms with van der Waals surface area (Å²) in [5.41, 5.74) is -1.56. The summed E-state index contributed by atoms with van der Waals surface area (Å²) < 4.78 is 29.3. The SMILES string of the molecule is CO[C@H]1/C=C/O[C@@]2(C)Oc3c(C)c(O)c4c(c3C2=O)C(=O)C(N(C)CC2CCCO2)=C(NC(=O)/C(C)=C\C=C\[C@H](C)[C@H](O)[C@@H](C)[C@H](O)[C@H](C)[C@H](OC(C)=O)[C@@H]1C)C4=O.